The number of pyridine rings is 1. The smallest absolute Gasteiger partial charge is 0.191 e. The van der Waals surface area contributed by atoms with Crippen LogP contribution in [-0.2, 0) is 6.54 Å². The Morgan fingerprint density at radius 3 is 2.81 bits per heavy atom. The number of nitrogens with zero attached hydrogens (tertiary/aromatic N) is 3. The molecule has 1 saturated carbocycles. The molecule has 0 bridgehead atoms. The molecule has 1 atom stereocenters. The first kappa shape index (κ1) is 22.2. The predicted octanol–water partition coefficient (Wildman–Crippen LogP) is 3.49. The van der Waals surface area contributed by atoms with E-state index in [0.29, 0.717) is 24.9 Å². The van der Waals surface area contributed by atoms with Gasteiger partial charge in [-0.15, -0.1) is 0 Å². The molecule has 2 fully saturated rings. The largest absolute Gasteiger partial charge is 0.493 e. The summed E-state index contributed by atoms with van der Waals surface area (Å²) in [5.74, 6) is 2.40. The molecule has 1 aliphatic carbocycles. The van der Waals surface area contributed by atoms with Crippen LogP contribution in [0, 0.1) is 5.82 Å². The summed E-state index contributed by atoms with van der Waals surface area (Å²) in [5.41, 5.74) is 1.09. The maximum Gasteiger partial charge on any atom is 0.191 e. The number of ether oxygens (including phenoxy) is 2. The molecule has 7 nitrogen and oxygen atoms in total. The molecule has 1 aliphatic heterocycles. The molecule has 172 valence electrons. The van der Waals surface area contributed by atoms with Crippen LogP contribution >= 0.6 is 0 Å². The summed E-state index contributed by atoms with van der Waals surface area (Å²) in [4.78, 5) is 10.5. The number of aromatic nitrogens is 1. The lowest BCUT2D eigenvalue weighted by Crippen LogP contribution is -2.44. The number of methoxy groups -OCH3 is 1. The van der Waals surface area contributed by atoms with Gasteiger partial charge in [-0.2, -0.15) is 0 Å². The van der Waals surface area contributed by atoms with E-state index in [-0.39, 0.29) is 18.0 Å². The Hall–Kier alpha value is -3.03. The fourth-order valence-corrected chi connectivity index (χ4v) is 4.36. The highest BCUT2D eigenvalue weighted by Crippen LogP contribution is 2.32. The fourth-order valence-electron chi connectivity index (χ4n) is 4.36. The third kappa shape index (κ3) is 5.41. The first-order valence-corrected chi connectivity index (χ1v) is 11.3. The quantitative estimate of drug-likeness (QED) is 0.506. The van der Waals surface area contributed by atoms with Crippen molar-refractivity contribution in [1.29, 1.82) is 0 Å². The van der Waals surface area contributed by atoms with E-state index in [1.54, 1.807) is 26.4 Å². The van der Waals surface area contributed by atoms with Crippen molar-refractivity contribution in [2.45, 2.75) is 50.8 Å². The molecule has 0 radical (unpaired) electrons. The van der Waals surface area contributed by atoms with Crippen LogP contribution < -0.4 is 25.0 Å². The minimum absolute atomic E-state index is 0.166. The average Bonchev–Trinajstić information content (AvgIpc) is 3.49. The van der Waals surface area contributed by atoms with Gasteiger partial charge in [0.1, 0.15) is 0 Å². The number of anilines is 1. The van der Waals surface area contributed by atoms with Crippen LogP contribution in [0.2, 0.25) is 0 Å². The van der Waals surface area contributed by atoms with Crippen molar-refractivity contribution in [2.24, 2.45) is 4.99 Å². The summed E-state index contributed by atoms with van der Waals surface area (Å²) in [6, 6.07) is 9.25. The Morgan fingerprint density at radius 1 is 1.22 bits per heavy atom. The Bertz CT molecular complexity index is 932. The number of guanidine groups is 1. The van der Waals surface area contributed by atoms with Crippen molar-refractivity contribution >= 4 is 11.8 Å². The van der Waals surface area contributed by atoms with Crippen LogP contribution in [0.5, 0.6) is 11.5 Å². The van der Waals surface area contributed by atoms with E-state index in [9.17, 15) is 4.39 Å². The SMILES string of the molecule is CN=C(NCc1ccc(OC)c(OC2CCCC2)c1)NC1CCN(c2ncccc2F)C1. The molecule has 2 aromatic rings. The molecule has 1 saturated heterocycles. The highest BCUT2D eigenvalue weighted by atomic mass is 19.1. The summed E-state index contributed by atoms with van der Waals surface area (Å²) < 4.78 is 25.7. The van der Waals surface area contributed by atoms with Gasteiger partial charge in [0, 0.05) is 38.9 Å². The second-order valence-corrected chi connectivity index (χ2v) is 8.32. The minimum atomic E-state index is -0.286. The van der Waals surface area contributed by atoms with E-state index >= 15 is 0 Å². The number of nitrogens with one attached hydrogen (secondary N) is 2. The molecular formula is C24H32FN5O2. The Kier molecular flexibility index (Phi) is 7.29. The number of halogens is 1. The van der Waals surface area contributed by atoms with Crippen LogP contribution in [0.25, 0.3) is 0 Å². The molecule has 2 heterocycles. The lowest BCUT2D eigenvalue weighted by molar-refractivity contribution is 0.200. The van der Waals surface area contributed by atoms with Gasteiger partial charge in [-0.05, 0) is 61.9 Å². The van der Waals surface area contributed by atoms with Crippen LogP contribution in [0.1, 0.15) is 37.7 Å². The molecule has 0 spiro atoms. The van der Waals surface area contributed by atoms with Gasteiger partial charge in [-0.25, -0.2) is 9.37 Å². The minimum Gasteiger partial charge on any atom is -0.493 e. The summed E-state index contributed by atoms with van der Waals surface area (Å²) in [7, 11) is 3.42. The van der Waals surface area contributed by atoms with E-state index in [1.165, 1.54) is 18.9 Å². The maximum atomic E-state index is 14.0. The zero-order chi connectivity index (χ0) is 22.3. The molecule has 2 aliphatic rings. The van der Waals surface area contributed by atoms with Crippen LogP contribution in [-0.4, -0.2) is 50.3 Å². The van der Waals surface area contributed by atoms with E-state index < -0.39 is 0 Å². The molecule has 1 unspecified atom stereocenters. The van der Waals surface area contributed by atoms with Gasteiger partial charge in [0.25, 0.3) is 0 Å². The van der Waals surface area contributed by atoms with E-state index in [0.717, 1.165) is 42.9 Å². The Balaban J connectivity index is 1.32. The lowest BCUT2D eigenvalue weighted by Gasteiger charge is -2.20. The highest BCUT2D eigenvalue weighted by Gasteiger charge is 2.26. The van der Waals surface area contributed by atoms with Crippen molar-refractivity contribution in [3.63, 3.8) is 0 Å². The second kappa shape index (κ2) is 10.5. The van der Waals surface area contributed by atoms with Crippen molar-refractivity contribution < 1.29 is 13.9 Å². The normalized spacial score (nSPS) is 19.3. The number of benzene rings is 1. The van der Waals surface area contributed by atoms with Gasteiger partial charge >= 0.3 is 0 Å². The Labute approximate surface area is 189 Å². The highest BCUT2D eigenvalue weighted by molar-refractivity contribution is 5.80. The predicted molar refractivity (Wildman–Crippen MR) is 124 cm³/mol. The van der Waals surface area contributed by atoms with Crippen molar-refractivity contribution in [1.82, 2.24) is 15.6 Å². The Morgan fingerprint density at radius 2 is 2.06 bits per heavy atom. The number of hydrogen-bond acceptors (Lipinski definition) is 5. The number of hydrogen-bond donors (Lipinski definition) is 2. The molecule has 32 heavy (non-hydrogen) atoms. The standard InChI is InChI=1S/C24H32FN5O2/c1-26-24(29-18-11-13-30(16-18)23-20(25)8-5-12-27-23)28-15-17-9-10-21(31-2)22(14-17)32-19-6-3-4-7-19/h5,8-10,12,14,18-19H,3-4,6-7,11,13,15-16H2,1-2H3,(H2,26,28,29). The molecule has 0 amide bonds. The molecular weight excluding hydrogens is 409 g/mol. The molecule has 2 N–H and O–H groups in total. The zero-order valence-corrected chi connectivity index (χ0v) is 18.8. The van der Waals surface area contributed by atoms with Gasteiger partial charge in [-0.3, -0.25) is 4.99 Å². The number of aliphatic imine (C=N–C) groups is 1. The summed E-state index contributed by atoms with van der Waals surface area (Å²) in [6.07, 6.45) is 7.43. The third-order valence-corrected chi connectivity index (χ3v) is 6.08. The van der Waals surface area contributed by atoms with Gasteiger partial charge < -0.3 is 25.0 Å². The maximum absolute atomic E-state index is 14.0. The van der Waals surface area contributed by atoms with Crippen molar-refractivity contribution in [3.8, 4) is 11.5 Å². The molecule has 1 aromatic heterocycles. The first-order chi connectivity index (χ1) is 15.7. The van der Waals surface area contributed by atoms with E-state index in [1.807, 2.05) is 23.1 Å². The third-order valence-electron chi connectivity index (χ3n) is 6.08. The van der Waals surface area contributed by atoms with Crippen LogP contribution in [0.3, 0.4) is 0 Å². The lowest BCUT2D eigenvalue weighted by atomic mass is 10.2. The van der Waals surface area contributed by atoms with E-state index in [4.69, 9.17) is 9.47 Å². The van der Waals surface area contributed by atoms with E-state index in [2.05, 4.69) is 20.6 Å². The van der Waals surface area contributed by atoms with Crippen molar-refractivity contribution in [3.05, 3.63) is 47.9 Å². The summed E-state index contributed by atoms with van der Waals surface area (Å²) in [6.45, 7) is 2.04. The average molecular weight is 442 g/mol. The van der Waals surface area contributed by atoms with Gasteiger partial charge in [0.05, 0.1) is 13.2 Å². The van der Waals surface area contributed by atoms with Crippen LogP contribution in [0.15, 0.2) is 41.5 Å². The monoisotopic (exact) mass is 441 g/mol. The molecule has 4 rings (SSSR count). The topological polar surface area (TPSA) is 71.0 Å². The summed E-state index contributed by atoms with van der Waals surface area (Å²) in [5, 5.41) is 6.81. The van der Waals surface area contributed by atoms with Gasteiger partial charge in [0.2, 0.25) is 0 Å². The fraction of sp³-hybridized carbons (Fsp3) is 0.500. The summed E-state index contributed by atoms with van der Waals surface area (Å²) >= 11 is 0. The first-order valence-electron chi connectivity index (χ1n) is 11.3. The zero-order valence-electron chi connectivity index (χ0n) is 18.8. The van der Waals surface area contributed by atoms with Gasteiger partial charge in [0.15, 0.2) is 29.1 Å². The van der Waals surface area contributed by atoms with Crippen molar-refractivity contribution in [2.75, 3.05) is 32.1 Å². The number of rotatable bonds is 7. The van der Waals surface area contributed by atoms with Crippen LogP contribution in [0.4, 0.5) is 10.2 Å². The molecule has 1 aromatic carbocycles. The molecule has 8 heteroatoms. The second-order valence-electron chi connectivity index (χ2n) is 8.32. The van der Waals surface area contributed by atoms with Gasteiger partial charge in [-0.1, -0.05) is 6.07 Å².